The fourth-order valence-electron chi connectivity index (χ4n) is 5.36. The van der Waals surface area contributed by atoms with Crippen LogP contribution in [-0.4, -0.2) is 57.4 Å². The second-order valence-corrected chi connectivity index (χ2v) is 12.4. The monoisotopic (exact) mass is 667 g/mol. The third-order valence-electron chi connectivity index (χ3n) is 7.88. The zero-order valence-corrected chi connectivity index (χ0v) is 28.1. The van der Waals surface area contributed by atoms with E-state index in [1.54, 1.807) is 30.9 Å². The first-order valence-electron chi connectivity index (χ1n) is 16.4. The second kappa shape index (κ2) is 18.9. The number of aliphatic hydroxyl groups is 1. The van der Waals surface area contributed by atoms with E-state index in [-0.39, 0.29) is 25.6 Å². The van der Waals surface area contributed by atoms with Gasteiger partial charge in [-0.1, -0.05) is 80.6 Å². The summed E-state index contributed by atoms with van der Waals surface area (Å²) in [6, 6.07) is 22.3. The van der Waals surface area contributed by atoms with E-state index in [9.17, 15) is 19.5 Å². The molecule has 49 heavy (non-hydrogen) atoms. The van der Waals surface area contributed by atoms with Gasteiger partial charge in [0.15, 0.2) is 0 Å². The largest absolute Gasteiger partial charge is 0.445 e. The van der Waals surface area contributed by atoms with E-state index in [2.05, 4.69) is 25.9 Å². The molecule has 4 aromatic rings. The third-order valence-corrected chi connectivity index (χ3v) is 7.88. The lowest BCUT2D eigenvalue weighted by Gasteiger charge is -2.30. The van der Waals surface area contributed by atoms with Crippen LogP contribution in [0.25, 0.3) is 0 Å². The van der Waals surface area contributed by atoms with Crippen LogP contribution in [-0.2, 0) is 40.3 Å². The SMILES string of the molecule is Cc1cncc(COC(=O)NC(C(=O)N[C@@H](Cc2ccccc2)[C@@H](O)C[C@H](Cc2ccccc2)NC(=O)OCc2cccnc2)C(C)C)c1. The van der Waals surface area contributed by atoms with Crippen LogP contribution in [0.1, 0.15) is 48.1 Å². The number of carbonyl (C=O) groups is 3. The van der Waals surface area contributed by atoms with Crippen LogP contribution in [0.3, 0.4) is 0 Å². The zero-order valence-electron chi connectivity index (χ0n) is 28.1. The minimum Gasteiger partial charge on any atom is -0.445 e. The summed E-state index contributed by atoms with van der Waals surface area (Å²) in [6.07, 6.45) is 4.97. The lowest BCUT2D eigenvalue weighted by atomic mass is 9.93. The van der Waals surface area contributed by atoms with Gasteiger partial charge in [-0.15, -0.1) is 0 Å². The number of nitrogens with one attached hydrogen (secondary N) is 3. The number of hydrogen-bond acceptors (Lipinski definition) is 8. The third kappa shape index (κ3) is 12.7. The van der Waals surface area contributed by atoms with E-state index >= 15 is 0 Å². The Morgan fingerprint density at radius 2 is 1.31 bits per heavy atom. The number of hydrogen-bond donors (Lipinski definition) is 4. The van der Waals surface area contributed by atoms with Crippen molar-refractivity contribution < 1.29 is 29.0 Å². The molecule has 4 rings (SSSR count). The van der Waals surface area contributed by atoms with Gasteiger partial charge in [0.1, 0.15) is 19.3 Å². The molecule has 3 amide bonds. The van der Waals surface area contributed by atoms with E-state index in [0.717, 1.165) is 27.8 Å². The van der Waals surface area contributed by atoms with Crippen LogP contribution < -0.4 is 16.0 Å². The maximum Gasteiger partial charge on any atom is 0.408 e. The number of carbonyl (C=O) groups excluding carboxylic acids is 3. The molecule has 4 N–H and O–H groups in total. The summed E-state index contributed by atoms with van der Waals surface area (Å²) in [6.45, 7) is 5.57. The Morgan fingerprint density at radius 1 is 0.714 bits per heavy atom. The molecule has 1 unspecified atom stereocenters. The Balaban J connectivity index is 1.46. The van der Waals surface area contributed by atoms with E-state index in [1.807, 2.05) is 93.6 Å². The highest BCUT2D eigenvalue weighted by Gasteiger charge is 2.31. The number of aromatic nitrogens is 2. The predicted octanol–water partition coefficient (Wildman–Crippen LogP) is 5.05. The summed E-state index contributed by atoms with van der Waals surface area (Å²) in [5.74, 6) is -0.752. The first kappa shape index (κ1) is 36.5. The quantitative estimate of drug-likeness (QED) is 0.130. The average Bonchev–Trinajstić information content (AvgIpc) is 3.09. The molecule has 0 aliphatic heterocycles. The lowest BCUT2D eigenvalue weighted by Crippen LogP contribution is -2.56. The van der Waals surface area contributed by atoms with Crippen molar-refractivity contribution in [2.75, 3.05) is 0 Å². The Hall–Kier alpha value is -5.29. The van der Waals surface area contributed by atoms with Gasteiger partial charge in [0.25, 0.3) is 0 Å². The summed E-state index contributed by atoms with van der Waals surface area (Å²) in [5.41, 5.74) is 4.26. The number of rotatable bonds is 16. The number of nitrogens with zero attached hydrogens (tertiary/aromatic N) is 2. The van der Waals surface area contributed by atoms with Crippen LogP contribution in [0.2, 0.25) is 0 Å². The maximum atomic E-state index is 13.7. The number of aryl methyl sites for hydroxylation is 1. The Labute approximate surface area is 287 Å². The highest BCUT2D eigenvalue weighted by atomic mass is 16.6. The first-order chi connectivity index (χ1) is 23.7. The van der Waals surface area contributed by atoms with Crippen molar-refractivity contribution in [3.63, 3.8) is 0 Å². The first-order valence-corrected chi connectivity index (χ1v) is 16.4. The van der Waals surface area contributed by atoms with Crippen LogP contribution in [0, 0.1) is 12.8 Å². The molecule has 0 saturated carbocycles. The summed E-state index contributed by atoms with van der Waals surface area (Å²) >= 11 is 0. The molecule has 11 heteroatoms. The predicted molar refractivity (Wildman–Crippen MR) is 185 cm³/mol. The molecular weight excluding hydrogens is 622 g/mol. The lowest BCUT2D eigenvalue weighted by molar-refractivity contribution is -0.125. The van der Waals surface area contributed by atoms with Gasteiger partial charge in [-0.2, -0.15) is 0 Å². The standard InChI is InChI=1S/C38H45N5O6/c1-26(2)35(43-38(47)49-25-31-17-27(3)21-40-23-31)36(45)42-33(19-29-13-8-5-9-14-29)34(44)20-32(18-28-11-6-4-7-12-28)41-37(46)48-24-30-15-10-16-39-22-30/h4-17,21-23,26,32-35,44H,18-20,24-25H2,1-3H3,(H,41,46)(H,42,45)(H,43,47)/t32-,33-,34-,35?/m0/s1. The summed E-state index contributed by atoms with van der Waals surface area (Å²) in [4.78, 5) is 47.5. The van der Waals surface area contributed by atoms with Crippen molar-refractivity contribution in [2.45, 2.75) is 77.5 Å². The van der Waals surface area contributed by atoms with E-state index in [0.29, 0.717) is 12.8 Å². The summed E-state index contributed by atoms with van der Waals surface area (Å²) in [7, 11) is 0. The van der Waals surface area contributed by atoms with Gasteiger partial charge in [-0.05, 0) is 60.9 Å². The van der Waals surface area contributed by atoms with Gasteiger partial charge in [-0.25, -0.2) is 9.59 Å². The number of aliphatic hydroxyl groups excluding tert-OH is 1. The molecule has 11 nitrogen and oxygen atoms in total. The fraction of sp³-hybridized carbons (Fsp3) is 0.342. The molecule has 0 spiro atoms. The van der Waals surface area contributed by atoms with Crippen molar-refractivity contribution in [2.24, 2.45) is 5.92 Å². The van der Waals surface area contributed by atoms with E-state index in [4.69, 9.17) is 9.47 Å². The molecule has 2 heterocycles. The number of alkyl carbamates (subject to hydrolysis) is 2. The average molecular weight is 668 g/mol. The molecular formula is C38H45N5O6. The number of ether oxygens (including phenoxy) is 2. The molecule has 2 aromatic carbocycles. The Kier molecular flexibility index (Phi) is 14.1. The van der Waals surface area contributed by atoms with Crippen molar-refractivity contribution in [1.82, 2.24) is 25.9 Å². The molecule has 0 radical (unpaired) electrons. The Bertz CT molecular complexity index is 1610. The normalized spacial score (nSPS) is 13.4. The van der Waals surface area contributed by atoms with Crippen molar-refractivity contribution in [3.8, 4) is 0 Å². The molecule has 0 fully saturated rings. The minimum atomic E-state index is -1.08. The highest BCUT2D eigenvalue weighted by Crippen LogP contribution is 2.16. The van der Waals surface area contributed by atoms with Gasteiger partial charge < -0.3 is 30.5 Å². The second-order valence-electron chi connectivity index (χ2n) is 12.4. The Morgan fingerprint density at radius 3 is 1.92 bits per heavy atom. The van der Waals surface area contributed by atoms with Crippen molar-refractivity contribution >= 4 is 18.1 Å². The maximum absolute atomic E-state index is 13.7. The highest BCUT2D eigenvalue weighted by molar-refractivity contribution is 5.86. The van der Waals surface area contributed by atoms with Crippen LogP contribution in [0.15, 0.2) is 104 Å². The number of benzene rings is 2. The molecule has 258 valence electrons. The minimum absolute atomic E-state index is 0.00275. The van der Waals surface area contributed by atoms with Gasteiger partial charge in [0.2, 0.25) is 5.91 Å². The smallest absolute Gasteiger partial charge is 0.408 e. The van der Waals surface area contributed by atoms with E-state index < -0.39 is 42.3 Å². The molecule has 0 aliphatic rings. The number of pyridine rings is 2. The fourth-order valence-corrected chi connectivity index (χ4v) is 5.36. The molecule has 0 bridgehead atoms. The summed E-state index contributed by atoms with van der Waals surface area (Å²) < 4.78 is 10.8. The molecule has 0 aliphatic carbocycles. The zero-order chi connectivity index (χ0) is 35.0. The van der Waals surface area contributed by atoms with Crippen molar-refractivity contribution in [3.05, 3.63) is 131 Å². The van der Waals surface area contributed by atoms with Gasteiger partial charge >= 0.3 is 12.2 Å². The van der Waals surface area contributed by atoms with Crippen molar-refractivity contribution in [1.29, 1.82) is 0 Å². The van der Waals surface area contributed by atoms with Crippen LogP contribution >= 0.6 is 0 Å². The molecule has 2 aromatic heterocycles. The molecule has 4 atom stereocenters. The number of amides is 3. The van der Waals surface area contributed by atoms with Gasteiger partial charge in [-0.3, -0.25) is 14.8 Å². The van der Waals surface area contributed by atoms with E-state index in [1.165, 1.54) is 0 Å². The molecule has 0 saturated heterocycles. The van der Waals surface area contributed by atoms with Crippen LogP contribution in [0.5, 0.6) is 0 Å². The van der Waals surface area contributed by atoms with Gasteiger partial charge in [0, 0.05) is 42.0 Å². The topological polar surface area (TPSA) is 152 Å². The van der Waals surface area contributed by atoms with Gasteiger partial charge in [0.05, 0.1) is 12.1 Å². The van der Waals surface area contributed by atoms with Crippen LogP contribution in [0.4, 0.5) is 9.59 Å². The summed E-state index contributed by atoms with van der Waals surface area (Å²) in [5, 5.41) is 20.3.